The van der Waals surface area contributed by atoms with Crippen LogP contribution in [0.3, 0.4) is 0 Å². The van der Waals surface area contributed by atoms with Crippen LogP contribution < -0.4 is 11.1 Å². The van der Waals surface area contributed by atoms with E-state index in [0.717, 1.165) is 25.9 Å². The van der Waals surface area contributed by atoms with E-state index in [1.54, 1.807) is 6.08 Å². The van der Waals surface area contributed by atoms with E-state index in [2.05, 4.69) is 11.9 Å². The second-order valence-electron chi connectivity index (χ2n) is 4.05. The van der Waals surface area contributed by atoms with Crippen LogP contribution >= 0.6 is 0 Å². The number of likely N-dealkylation sites (tertiary alicyclic amines) is 1. The fraction of sp³-hybridized carbons (Fsp3) is 0.636. The molecule has 2 amide bonds. The Bertz CT molecular complexity index is 270. The van der Waals surface area contributed by atoms with Gasteiger partial charge in [-0.3, -0.25) is 14.5 Å². The fourth-order valence-corrected chi connectivity index (χ4v) is 1.89. The van der Waals surface area contributed by atoms with Crippen LogP contribution in [0.15, 0.2) is 12.7 Å². The van der Waals surface area contributed by atoms with E-state index in [1.165, 1.54) is 0 Å². The van der Waals surface area contributed by atoms with Crippen LogP contribution in [-0.2, 0) is 9.59 Å². The average Bonchev–Trinajstić information content (AvgIpc) is 2.26. The number of rotatable bonds is 5. The lowest BCUT2D eigenvalue weighted by Gasteiger charge is -2.30. The molecule has 90 valence electrons. The predicted molar refractivity (Wildman–Crippen MR) is 61.6 cm³/mol. The number of hydrogen-bond acceptors (Lipinski definition) is 3. The molecule has 0 unspecified atom stereocenters. The van der Waals surface area contributed by atoms with Gasteiger partial charge in [-0.05, 0) is 25.9 Å². The first-order chi connectivity index (χ1) is 7.63. The first-order valence-corrected chi connectivity index (χ1v) is 5.52. The van der Waals surface area contributed by atoms with Crippen LogP contribution in [-0.4, -0.2) is 42.9 Å². The highest BCUT2D eigenvalue weighted by Gasteiger charge is 2.24. The number of primary amides is 1. The molecule has 0 saturated carbocycles. The molecule has 0 aliphatic carbocycles. The summed E-state index contributed by atoms with van der Waals surface area (Å²) >= 11 is 0. The van der Waals surface area contributed by atoms with Crippen molar-refractivity contribution in [2.75, 3.05) is 26.2 Å². The SMILES string of the molecule is C=CCNC(=O)C1CCN(CC(N)=O)CC1. The van der Waals surface area contributed by atoms with Crippen molar-refractivity contribution in [1.82, 2.24) is 10.2 Å². The number of amides is 2. The molecule has 1 fully saturated rings. The number of nitrogens with zero attached hydrogens (tertiary/aromatic N) is 1. The van der Waals surface area contributed by atoms with Crippen LogP contribution in [0.4, 0.5) is 0 Å². The van der Waals surface area contributed by atoms with E-state index in [4.69, 9.17) is 5.73 Å². The monoisotopic (exact) mass is 225 g/mol. The minimum absolute atomic E-state index is 0.0593. The maximum atomic E-state index is 11.6. The van der Waals surface area contributed by atoms with Crippen LogP contribution in [0, 0.1) is 5.92 Å². The molecule has 5 nitrogen and oxygen atoms in total. The lowest BCUT2D eigenvalue weighted by molar-refractivity contribution is -0.126. The second kappa shape index (κ2) is 6.27. The number of piperidine rings is 1. The summed E-state index contributed by atoms with van der Waals surface area (Å²) in [6.45, 7) is 5.87. The molecule has 16 heavy (non-hydrogen) atoms. The Labute approximate surface area is 95.7 Å². The van der Waals surface area contributed by atoms with E-state index in [9.17, 15) is 9.59 Å². The number of carbonyl (C=O) groups excluding carboxylic acids is 2. The van der Waals surface area contributed by atoms with Gasteiger partial charge < -0.3 is 11.1 Å². The van der Waals surface area contributed by atoms with Gasteiger partial charge >= 0.3 is 0 Å². The van der Waals surface area contributed by atoms with E-state index >= 15 is 0 Å². The minimum Gasteiger partial charge on any atom is -0.369 e. The molecule has 1 aliphatic rings. The molecule has 1 heterocycles. The lowest BCUT2D eigenvalue weighted by atomic mass is 9.96. The van der Waals surface area contributed by atoms with Gasteiger partial charge in [0, 0.05) is 12.5 Å². The summed E-state index contributed by atoms with van der Waals surface area (Å²) in [5, 5.41) is 2.79. The number of carbonyl (C=O) groups is 2. The van der Waals surface area contributed by atoms with Gasteiger partial charge in [0.2, 0.25) is 11.8 Å². The molecule has 0 bridgehead atoms. The Kier molecular flexibility index (Phi) is 4.98. The van der Waals surface area contributed by atoms with Gasteiger partial charge in [0.1, 0.15) is 0 Å². The third-order valence-electron chi connectivity index (χ3n) is 2.76. The molecule has 0 spiro atoms. The van der Waals surface area contributed by atoms with E-state index in [1.807, 2.05) is 4.90 Å². The Morgan fingerprint density at radius 1 is 1.44 bits per heavy atom. The van der Waals surface area contributed by atoms with Gasteiger partial charge in [-0.2, -0.15) is 0 Å². The number of nitrogens with two attached hydrogens (primary N) is 1. The van der Waals surface area contributed by atoms with Gasteiger partial charge in [-0.15, -0.1) is 6.58 Å². The Hall–Kier alpha value is -1.36. The zero-order valence-corrected chi connectivity index (χ0v) is 9.45. The highest BCUT2D eigenvalue weighted by molar-refractivity contribution is 5.79. The normalized spacial score (nSPS) is 18.0. The van der Waals surface area contributed by atoms with Crippen molar-refractivity contribution >= 4 is 11.8 Å². The lowest BCUT2D eigenvalue weighted by Crippen LogP contribution is -2.43. The molecule has 1 saturated heterocycles. The maximum absolute atomic E-state index is 11.6. The molecule has 0 aromatic heterocycles. The summed E-state index contributed by atoms with van der Waals surface area (Å²) in [6.07, 6.45) is 3.24. The fourth-order valence-electron chi connectivity index (χ4n) is 1.89. The Morgan fingerprint density at radius 2 is 2.06 bits per heavy atom. The molecule has 5 heteroatoms. The van der Waals surface area contributed by atoms with Gasteiger partial charge in [0.15, 0.2) is 0 Å². The first kappa shape index (κ1) is 12.7. The summed E-state index contributed by atoms with van der Waals surface area (Å²) in [5.74, 6) is -0.169. The molecule has 0 aromatic rings. The summed E-state index contributed by atoms with van der Waals surface area (Å²) in [6, 6.07) is 0. The topological polar surface area (TPSA) is 75.4 Å². The van der Waals surface area contributed by atoms with E-state index in [-0.39, 0.29) is 17.7 Å². The Balaban J connectivity index is 2.28. The molecule has 0 atom stereocenters. The maximum Gasteiger partial charge on any atom is 0.231 e. The second-order valence-corrected chi connectivity index (χ2v) is 4.05. The van der Waals surface area contributed by atoms with Crippen molar-refractivity contribution in [3.05, 3.63) is 12.7 Å². The largest absolute Gasteiger partial charge is 0.369 e. The zero-order valence-electron chi connectivity index (χ0n) is 9.45. The van der Waals surface area contributed by atoms with Gasteiger partial charge in [0.25, 0.3) is 0 Å². The molecule has 3 N–H and O–H groups in total. The van der Waals surface area contributed by atoms with Gasteiger partial charge in [-0.25, -0.2) is 0 Å². The summed E-state index contributed by atoms with van der Waals surface area (Å²) in [5.41, 5.74) is 5.11. The summed E-state index contributed by atoms with van der Waals surface area (Å²) in [4.78, 5) is 24.3. The van der Waals surface area contributed by atoms with Crippen LogP contribution in [0.25, 0.3) is 0 Å². The van der Waals surface area contributed by atoms with Crippen molar-refractivity contribution in [2.45, 2.75) is 12.8 Å². The van der Waals surface area contributed by atoms with Crippen molar-refractivity contribution < 1.29 is 9.59 Å². The molecule has 1 rings (SSSR count). The van der Waals surface area contributed by atoms with E-state index < -0.39 is 0 Å². The molecular formula is C11H19N3O2. The highest BCUT2D eigenvalue weighted by atomic mass is 16.2. The van der Waals surface area contributed by atoms with Crippen molar-refractivity contribution in [1.29, 1.82) is 0 Å². The minimum atomic E-state index is -0.311. The first-order valence-electron chi connectivity index (χ1n) is 5.52. The Morgan fingerprint density at radius 3 is 2.56 bits per heavy atom. The summed E-state index contributed by atoms with van der Waals surface area (Å²) in [7, 11) is 0. The van der Waals surface area contributed by atoms with Crippen molar-refractivity contribution in [3.63, 3.8) is 0 Å². The van der Waals surface area contributed by atoms with Crippen molar-refractivity contribution in [3.8, 4) is 0 Å². The summed E-state index contributed by atoms with van der Waals surface area (Å²) < 4.78 is 0. The van der Waals surface area contributed by atoms with Gasteiger partial charge in [-0.1, -0.05) is 6.08 Å². The molecule has 0 radical (unpaired) electrons. The standard InChI is InChI=1S/C11H19N3O2/c1-2-5-13-11(16)9-3-6-14(7-4-9)8-10(12)15/h2,9H,1,3-8H2,(H2,12,15)(H,13,16). The van der Waals surface area contributed by atoms with Crippen LogP contribution in [0.1, 0.15) is 12.8 Å². The van der Waals surface area contributed by atoms with Crippen LogP contribution in [0.2, 0.25) is 0 Å². The third kappa shape index (κ3) is 4.02. The quantitative estimate of drug-likeness (QED) is 0.619. The highest BCUT2D eigenvalue weighted by Crippen LogP contribution is 2.16. The molecule has 1 aliphatic heterocycles. The number of nitrogens with one attached hydrogen (secondary N) is 1. The predicted octanol–water partition coefficient (Wildman–Crippen LogP) is -0.514. The number of hydrogen-bond donors (Lipinski definition) is 2. The van der Waals surface area contributed by atoms with E-state index in [0.29, 0.717) is 13.1 Å². The smallest absolute Gasteiger partial charge is 0.231 e. The average molecular weight is 225 g/mol. The third-order valence-corrected chi connectivity index (χ3v) is 2.76. The molecular weight excluding hydrogens is 206 g/mol. The molecule has 0 aromatic carbocycles. The van der Waals surface area contributed by atoms with Gasteiger partial charge in [0.05, 0.1) is 6.54 Å². The van der Waals surface area contributed by atoms with Crippen LogP contribution in [0.5, 0.6) is 0 Å². The van der Waals surface area contributed by atoms with Crippen molar-refractivity contribution in [2.24, 2.45) is 11.7 Å². The zero-order chi connectivity index (χ0) is 12.0.